The third-order valence-corrected chi connectivity index (χ3v) is 3.51. The SMILES string of the molecule is CC(=O)Nc1ccc(S(=O)(=O)C(C)=O)cc1. The number of carbonyl (C=O) groups excluding carboxylic acids is 2. The largest absolute Gasteiger partial charge is 0.326 e. The average Bonchev–Trinajstić information content (AvgIpc) is 2.17. The Hall–Kier alpha value is -1.69. The van der Waals surface area contributed by atoms with Crippen LogP contribution in [0.5, 0.6) is 0 Å². The Kier molecular flexibility index (Phi) is 3.44. The molecule has 0 heterocycles. The molecule has 1 aromatic carbocycles. The van der Waals surface area contributed by atoms with Gasteiger partial charge in [0.2, 0.25) is 20.9 Å². The molecule has 0 aliphatic rings. The zero-order valence-corrected chi connectivity index (χ0v) is 9.67. The quantitative estimate of drug-likeness (QED) is 0.836. The smallest absolute Gasteiger partial charge is 0.248 e. The van der Waals surface area contributed by atoms with Crippen molar-refractivity contribution >= 4 is 26.5 Å². The Labute approximate surface area is 93.4 Å². The molecule has 1 rings (SSSR count). The van der Waals surface area contributed by atoms with Crippen LogP contribution in [-0.4, -0.2) is 19.4 Å². The molecule has 0 fully saturated rings. The fourth-order valence-corrected chi connectivity index (χ4v) is 1.91. The molecule has 0 unspecified atom stereocenters. The molecular weight excluding hydrogens is 230 g/mol. The minimum atomic E-state index is -3.87. The number of hydrogen-bond acceptors (Lipinski definition) is 4. The van der Waals surface area contributed by atoms with Crippen molar-refractivity contribution < 1.29 is 18.0 Å². The monoisotopic (exact) mass is 241 g/mol. The molecule has 0 spiro atoms. The fourth-order valence-electron chi connectivity index (χ4n) is 1.09. The number of anilines is 1. The van der Waals surface area contributed by atoms with Gasteiger partial charge in [0, 0.05) is 19.5 Å². The zero-order valence-electron chi connectivity index (χ0n) is 8.85. The first-order valence-electron chi connectivity index (χ1n) is 4.47. The minimum Gasteiger partial charge on any atom is -0.326 e. The topological polar surface area (TPSA) is 80.3 Å². The Balaban J connectivity index is 3.05. The molecule has 1 aromatic rings. The average molecular weight is 241 g/mol. The van der Waals surface area contributed by atoms with Crippen LogP contribution in [0.15, 0.2) is 29.2 Å². The van der Waals surface area contributed by atoms with Crippen molar-refractivity contribution in [1.29, 1.82) is 0 Å². The first-order chi connectivity index (χ1) is 7.34. The summed E-state index contributed by atoms with van der Waals surface area (Å²) in [6.07, 6.45) is 0. The van der Waals surface area contributed by atoms with Crippen molar-refractivity contribution in [3.8, 4) is 0 Å². The Morgan fingerprint density at radius 2 is 1.56 bits per heavy atom. The van der Waals surface area contributed by atoms with Crippen LogP contribution in [0.4, 0.5) is 5.69 Å². The summed E-state index contributed by atoms with van der Waals surface area (Å²) in [5, 5.41) is 1.59. The highest BCUT2D eigenvalue weighted by Gasteiger charge is 2.19. The second-order valence-corrected chi connectivity index (χ2v) is 5.25. The van der Waals surface area contributed by atoms with Crippen molar-refractivity contribution in [2.75, 3.05) is 5.32 Å². The molecule has 1 N–H and O–H groups in total. The maximum atomic E-state index is 11.4. The molecule has 6 heteroatoms. The van der Waals surface area contributed by atoms with Crippen LogP contribution in [0.2, 0.25) is 0 Å². The van der Waals surface area contributed by atoms with Gasteiger partial charge in [-0.15, -0.1) is 0 Å². The lowest BCUT2D eigenvalue weighted by atomic mass is 10.3. The van der Waals surface area contributed by atoms with Gasteiger partial charge < -0.3 is 5.32 Å². The first kappa shape index (κ1) is 12.4. The van der Waals surface area contributed by atoms with Gasteiger partial charge in [-0.3, -0.25) is 9.59 Å². The summed E-state index contributed by atoms with van der Waals surface area (Å²) < 4.78 is 22.9. The van der Waals surface area contributed by atoms with Crippen molar-refractivity contribution in [2.45, 2.75) is 18.7 Å². The molecule has 1 amide bonds. The Morgan fingerprint density at radius 3 is 1.94 bits per heavy atom. The van der Waals surface area contributed by atoms with Crippen LogP contribution in [0, 0.1) is 0 Å². The highest BCUT2D eigenvalue weighted by atomic mass is 32.2. The predicted octanol–water partition coefficient (Wildman–Crippen LogP) is 0.965. The van der Waals surface area contributed by atoms with Crippen LogP contribution in [0.3, 0.4) is 0 Å². The zero-order chi connectivity index (χ0) is 12.3. The molecule has 86 valence electrons. The number of carbonyl (C=O) groups is 2. The van der Waals surface area contributed by atoms with E-state index in [1.807, 2.05) is 0 Å². The standard InChI is InChI=1S/C10H11NO4S/c1-7(12)11-9-3-5-10(6-4-9)16(14,15)8(2)13/h3-6H,1-2H3,(H,11,12). The number of benzene rings is 1. The summed E-state index contributed by atoms with van der Waals surface area (Å²) >= 11 is 0. The first-order valence-corrected chi connectivity index (χ1v) is 5.95. The molecule has 0 aliphatic carbocycles. The van der Waals surface area contributed by atoms with Crippen molar-refractivity contribution in [3.63, 3.8) is 0 Å². The second kappa shape index (κ2) is 4.44. The molecule has 0 saturated carbocycles. The number of hydrogen-bond donors (Lipinski definition) is 1. The Bertz CT molecular complexity index is 516. The summed E-state index contributed by atoms with van der Waals surface area (Å²) in [6, 6.07) is 5.42. The molecule has 5 nitrogen and oxygen atoms in total. The van der Waals surface area contributed by atoms with E-state index < -0.39 is 15.0 Å². The summed E-state index contributed by atoms with van der Waals surface area (Å²) in [7, 11) is -3.87. The molecule has 0 aromatic heterocycles. The summed E-state index contributed by atoms with van der Waals surface area (Å²) in [5.74, 6) is -0.248. The fraction of sp³-hybridized carbons (Fsp3) is 0.200. The number of nitrogens with one attached hydrogen (secondary N) is 1. The van der Waals surface area contributed by atoms with Crippen LogP contribution < -0.4 is 5.32 Å². The molecule has 0 radical (unpaired) electrons. The van der Waals surface area contributed by atoms with Crippen LogP contribution >= 0.6 is 0 Å². The van der Waals surface area contributed by atoms with E-state index in [0.717, 1.165) is 6.92 Å². The maximum absolute atomic E-state index is 11.4. The molecule has 0 atom stereocenters. The van der Waals surface area contributed by atoms with Gasteiger partial charge in [0.1, 0.15) is 0 Å². The second-order valence-electron chi connectivity index (χ2n) is 3.20. The van der Waals surface area contributed by atoms with Gasteiger partial charge in [-0.2, -0.15) is 0 Å². The van der Waals surface area contributed by atoms with Crippen molar-refractivity contribution in [2.24, 2.45) is 0 Å². The lowest BCUT2D eigenvalue weighted by Crippen LogP contribution is -2.11. The lowest BCUT2D eigenvalue weighted by molar-refractivity contribution is -0.114. The normalized spacial score (nSPS) is 10.9. The number of amides is 1. The van der Waals surface area contributed by atoms with E-state index in [1.165, 1.54) is 31.2 Å². The van der Waals surface area contributed by atoms with Gasteiger partial charge in [-0.05, 0) is 24.3 Å². The van der Waals surface area contributed by atoms with E-state index in [2.05, 4.69) is 5.32 Å². The lowest BCUT2D eigenvalue weighted by Gasteiger charge is -2.03. The number of sulfone groups is 1. The van der Waals surface area contributed by atoms with Crippen LogP contribution in [0.25, 0.3) is 0 Å². The van der Waals surface area contributed by atoms with Gasteiger partial charge in [0.25, 0.3) is 0 Å². The van der Waals surface area contributed by atoms with Gasteiger partial charge in [0.15, 0.2) is 0 Å². The molecule has 16 heavy (non-hydrogen) atoms. The van der Waals surface area contributed by atoms with E-state index >= 15 is 0 Å². The van der Waals surface area contributed by atoms with E-state index in [-0.39, 0.29) is 10.8 Å². The van der Waals surface area contributed by atoms with Crippen molar-refractivity contribution in [1.82, 2.24) is 0 Å². The third-order valence-electron chi connectivity index (χ3n) is 1.86. The van der Waals surface area contributed by atoms with E-state index in [0.29, 0.717) is 5.69 Å². The molecule has 0 aliphatic heterocycles. The summed E-state index contributed by atoms with van der Waals surface area (Å²) in [5.41, 5.74) is 0.481. The number of rotatable bonds is 2. The molecule has 0 bridgehead atoms. The summed E-state index contributed by atoms with van der Waals surface area (Å²) in [6.45, 7) is 2.34. The predicted molar refractivity (Wildman–Crippen MR) is 58.6 cm³/mol. The van der Waals surface area contributed by atoms with E-state index in [1.54, 1.807) is 0 Å². The highest BCUT2D eigenvalue weighted by Crippen LogP contribution is 2.15. The molecular formula is C10H11NO4S. The highest BCUT2D eigenvalue weighted by molar-refractivity contribution is 8.06. The van der Waals surface area contributed by atoms with Gasteiger partial charge in [-0.25, -0.2) is 8.42 Å². The Morgan fingerprint density at radius 1 is 1.06 bits per heavy atom. The van der Waals surface area contributed by atoms with Crippen LogP contribution in [0.1, 0.15) is 13.8 Å². The molecule has 0 saturated heterocycles. The van der Waals surface area contributed by atoms with Gasteiger partial charge in [0.05, 0.1) is 4.90 Å². The van der Waals surface area contributed by atoms with Gasteiger partial charge >= 0.3 is 0 Å². The van der Waals surface area contributed by atoms with E-state index in [4.69, 9.17) is 0 Å². The maximum Gasteiger partial charge on any atom is 0.248 e. The van der Waals surface area contributed by atoms with Crippen molar-refractivity contribution in [3.05, 3.63) is 24.3 Å². The van der Waals surface area contributed by atoms with Gasteiger partial charge in [-0.1, -0.05) is 0 Å². The minimum absolute atomic E-state index is 0.0749. The summed E-state index contributed by atoms with van der Waals surface area (Å²) in [4.78, 5) is 21.5. The third kappa shape index (κ3) is 2.66. The van der Waals surface area contributed by atoms with E-state index in [9.17, 15) is 18.0 Å². The van der Waals surface area contributed by atoms with Crippen LogP contribution in [-0.2, 0) is 19.4 Å².